The maximum Gasteiger partial charge on any atom is 0.408 e. The van der Waals surface area contributed by atoms with Crippen molar-refractivity contribution >= 4 is 12.0 Å². The van der Waals surface area contributed by atoms with E-state index < -0.39 is 17.7 Å². The van der Waals surface area contributed by atoms with Gasteiger partial charge in [0.2, 0.25) is 5.91 Å². The van der Waals surface area contributed by atoms with E-state index in [1.54, 1.807) is 45.0 Å². The highest BCUT2D eigenvalue weighted by Gasteiger charge is 2.24. The third-order valence-electron chi connectivity index (χ3n) is 3.71. The maximum atomic E-state index is 12.5. The van der Waals surface area contributed by atoms with Gasteiger partial charge in [0.1, 0.15) is 17.4 Å². The average molecular weight is 364 g/mol. The Morgan fingerprint density at radius 2 is 1.77 bits per heavy atom. The summed E-state index contributed by atoms with van der Waals surface area (Å²) in [5.41, 5.74) is 0.203. The number of phenolic OH excluding ortho intramolecular Hbond substituents is 1. The highest BCUT2D eigenvalue weighted by Crippen LogP contribution is 2.12. The van der Waals surface area contributed by atoms with Gasteiger partial charge in [0.15, 0.2) is 0 Å². The molecule has 0 aromatic heterocycles. The molecule has 0 saturated carbocycles. The standard InChI is InChI=1S/C20H32N2O4/c1-5-6-7-8-13-21-18(24)17(22-19(25)26-20(2,3)4)14-15-9-11-16(23)12-10-15/h9-12,17,23H,5-8,13-14H2,1-4H3,(H,21,24)(H,22,25)/t17-/m0/s1. The van der Waals surface area contributed by atoms with Gasteiger partial charge in [-0.3, -0.25) is 4.79 Å². The van der Waals surface area contributed by atoms with Crippen molar-refractivity contribution in [3.05, 3.63) is 29.8 Å². The second-order valence-electron chi connectivity index (χ2n) is 7.42. The lowest BCUT2D eigenvalue weighted by molar-refractivity contribution is -0.123. The van der Waals surface area contributed by atoms with Crippen molar-refractivity contribution in [3.8, 4) is 5.75 Å². The molecule has 1 atom stereocenters. The van der Waals surface area contributed by atoms with Crippen molar-refractivity contribution in [2.75, 3.05) is 6.54 Å². The number of aromatic hydroxyl groups is 1. The van der Waals surface area contributed by atoms with Gasteiger partial charge in [0.05, 0.1) is 0 Å². The fourth-order valence-electron chi connectivity index (χ4n) is 2.41. The van der Waals surface area contributed by atoms with Crippen LogP contribution in [0.25, 0.3) is 0 Å². The van der Waals surface area contributed by atoms with Crippen LogP contribution in [0.4, 0.5) is 4.79 Å². The number of nitrogens with one attached hydrogen (secondary N) is 2. The lowest BCUT2D eigenvalue weighted by Crippen LogP contribution is -2.49. The molecule has 26 heavy (non-hydrogen) atoms. The van der Waals surface area contributed by atoms with E-state index in [1.807, 2.05) is 0 Å². The first kappa shape index (κ1) is 21.8. The van der Waals surface area contributed by atoms with Crippen molar-refractivity contribution in [3.63, 3.8) is 0 Å². The van der Waals surface area contributed by atoms with Crippen molar-refractivity contribution in [1.82, 2.24) is 10.6 Å². The molecule has 6 nitrogen and oxygen atoms in total. The molecule has 0 aliphatic carbocycles. The monoisotopic (exact) mass is 364 g/mol. The number of phenols is 1. The Morgan fingerprint density at radius 3 is 2.35 bits per heavy atom. The van der Waals surface area contributed by atoms with Crippen molar-refractivity contribution in [2.24, 2.45) is 0 Å². The van der Waals surface area contributed by atoms with Crippen LogP contribution in [0.3, 0.4) is 0 Å². The Balaban J connectivity index is 2.68. The first-order valence-electron chi connectivity index (χ1n) is 9.26. The van der Waals surface area contributed by atoms with Gasteiger partial charge in [-0.05, 0) is 44.9 Å². The highest BCUT2D eigenvalue weighted by molar-refractivity contribution is 5.86. The third kappa shape index (κ3) is 9.30. The molecule has 0 unspecified atom stereocenters. The van der Waals surface area contributed by atoms with Gasteiger partial charge in [-0.25, -0.2) is 4.79 Å². The van der Waals surface area contributed by atoms with E-state index in [0.29, 0.717) is 13.0 Å². The molecule has 0 aliphatic heterocycles. The van der Waals surface area contributed by atoms with Gasteiger partial charge in [-0.2, -0.15) is 0 Å². The largest absolute Gasteiger partial charge is 0.508 e. The molecule has 0 heterocycles. The molecule has 0 spiro atoms. The number of alkyl carbamates (subject to hydrolysis) is 1. The molecule has 6 heteroatoms. The first-order chi connectivity index (χ1) is 12.2. The molecule has 0 aliphatic rings. The van der Waals surface area contributed by atoms with E-state index in [-0.39, 0.29) is 11.7 Å². The first-order valence-corrected chi connectivity index (χ1v) is 9.26. The summed E-state index contributed by atoms with van der Waals surface area (Å²) in [7, 11) is 0. The summed E-state index contributed by atoms with van der Waals surface area (Å²) in [6, 6.07) is 5.84. The average Bonchev–Trinajstić information content (AvgIpc) is 2.54. The van der Waals surface area contributed by atoms with E-state index in [1.165, 1.54) is 0 Å². The highest BCUT2D eigenvalue weighted by atomic mass is 16.6. The molecule has 1 aromatic carbocycles. The minimum absolute atomic E-state index is 0.158. The minimum atomic E-state index is -0.736. The number of carbonyl (C=O) groups is 2. The maximum absolute atomic E-state index is 12.5. The summed E-state index contributed by atoms with van der Waals surface area (Å²) in [4.78, 5) is 24.6. The molecule has 2 amide bonds. The molecule has 0 fully saturated rings. The van der Waals surface area contributed by atoms with Crippen LogP contribution in [0.15, 0.2) is 24.3 Å². The summed E-state index contributed by atoms with van der Waals surface area (Å²) in [6.45, 7) is 8.04. The van der Waals surface area contributed by atoms with Gasteiger partial charge in [0.25, 0.3) is 0 Å². The molecular formula is C20H32N2O4. The number of amides is 2. The molecule has 3 N–H and O–H groups in total. The predicted molar refractivity (Wildman–Crippen MR) is 102 cm³/mol. The number of ether oxygens (including phenoxy) is 1. The van der Waals surface area contributed by atoms with E-state index in [9.17, 15) is 14.7 Å². The van der Waals surface area contributed by atoms with Crippen LogP contribution < -0.4 is 10.6 Å². The van der Waals surface area contributed by atoms with Gasteiger partial charge < -0.3 is 20.5 Å². The fourth-order valence-corrected chi connectivity index (χ4v) is 2.41. The van der Waals surface area contributed by atoms with Crippen LogP contribution in [0.2, 0.25) is 0 Å². The fraction of sp³-hybridized carbons (Fsp3) is 0.600. The zero-order chi connectivity index (χ0) is 19.6. The van der Waals surface area contributed by atoms with Gasteiger partial charge in [0, 0.05) is 13.0 Å². The Labute approximate surface area is 156 Å². The summed E-state index contributed by atoms with van der Waals surface area (Å²) in [5, 5.41) is 14.9. The summed E-state index contributed by atoms with van der Waals surface area (Å²) >= 11 is 0. The number of unbranched alkanes of at least 4 members (excludes halogenated alkanes) is 3. The van der Waals surface area contributed by atoms with Crippen LogP contribution in [0, 0.1) is 0 Å². The molecule has 0 radical (unpaired) electrons. The second-order valence-corrected chi connectivity index (χ2v) is 7.42. The number of carbonyl (C=O) groups excluding carboxylic acids is 2. The zero-order valence-corrected chi connectivity index (χ0v) is 16.3. The minimum Gasteiger partial charge on any atom is -0.508 e. The van der Waals surface area contributed by atoms with Gasteiger partial charge in [-0.1, -0.05) is 38.3 Å². The smallest absolute Gasteiger partial charge is 0.408 e. The lowest BCUT2D eigenvalue weighted by Gasteiger charge is -2.23. The van der Waals surface area contributed by atoms with E-state index in [4.69, 9.17) is 4.74 Å². The Hall–Kier alpha value is -2.24. The van der Waals surface area contributed by atoms with Crippen LogP contribution in [0.1, 0.15) is 58.9 Å². The van der Waals surface area contributed by atoms with Crippen LogP contribution in [0.5, 0.6) is 5.75 Å². The summed E-state index contributed by atoms with van der Waals surface area (Å²) in [5.74, 6) is -0.0776. The van der Waals surface area contributed by atoms with Crippen molar-refractivity contribution in [1.29, 1.82) is 0 Å². The van der Waals surface area contributed by atoms with Crippen LogP contribution in [-0.4, -0.2) is 35.3 Å². The SMILES string of the molecule is CCCCCCNC(=O)[C@H](Cc1ccc(O)cc1)NC(=O)OC(C)(C)C. The van der Waals surface area contributed by atoms with Gasteiger partial charge >= 0.3 is 6.09 Å². The van der Waals surface area contributed by atoms with E-state index in [2.05, 4.69) is 17.6 Å². The molecular weight excluding hydrogens is 332 g/mol. The molecule has 0 bridgehead atoms. The topological polar surface area (TPSA) is 87.7 Å². The number of rotatable bonds is 9. The van der Waals surface area contributed by atoms with E-state index in [0.717, 1.165) is 31.2 Å². The van der Waals surface area contributed by atoms with Crippen LogP contribution >= 0.6 is 0 Å². The molecule has 1 rings (SSSR count). The summed E-state index contributed by atoms with van der Waals surface area (Å²) in [6.07, 6.45) is 3.96. The van der Waals surface area contributed by atoms with Crippen molar-refractivity contribution in [2.45, 2.75) is 71.4 Å². The number of hydrogen-bond donors (Lipinski definition) is 3. The predicted octanol–water partition coefficient (Wildman–Crippen LogP) is 3.52. The Morgan fingerprint density at radius 1 is 1.12 bits per heavy atom. The van der Waals surface area contributed by atoms with Crippen molar-refractivity contribution < 1.29 is 19.4 Å². The Bertz CT molecular complexity index is 564. The normalized spacial score (nSPS) is 12.3. The molecule has 0 saturated heterocycles. The quantitative estimate of drug-likeness (QED) is 0.585. The Kier molecular flexibility index (Phi) is 8.96. The zero-order valence-electron chi connectivity index (χ0n) is 16.3. The van der Waals surface area contributed by atoms with Crippen LogP contribution in [-0.2, 0) is 16.0 Å². The number of hydrogen-bond acceptors (Lipinski definition) is 4. The van der Waals surface area contributed by atoms with E-state index >= 15 is 0 Å². The molecule has 1 aromatic rings. The number of benzene rings is 1. The molecule has 146 valence electrons. The second kappa shape index (κ2) is 10.7. The third-order valence-corrected chi connectivity index (χ3v) is 3.71. The van der Waals surface area contributed by atoms with Gasteiger partial charge in [-0.15, -0.1) is 0 Å². The lowest BCUT2D eigenvalue weighted by atomic mass is 10.0. The summed E-state index contributed by atoms with van der Waals surface area (Å²) < 4.78 is 5.26.